The van der Waals surface area contributed by atoms with E-state index < -0.39 is 10.9 Å². The van der Waals surface area contributed by atoms with Gasteiger partial charge in [0.15, 0.2) is 0 Å². The van der Waals surface area contributed by atoms with Gasteiger partial charge in [-0.05, 0) is 43.2 Å². The van der Waals surface area contributed by atoms with Crippen LogP contribution in [0, 0.1) is 24.0 Å². The van der Waals surface area contributed by atoms with Crippen LogP contribution in [0.5, 0.6) is 0 Å². The first kappa shape index (κ1) is 20.0. The molecule has 0 amide bonds. The third-order valence-corrected chi connectivity index (χ3v) is 4.99. The molecule has 0 unspecified atom stereocenters. The van der Waals surface area contributed by atoms with Crippen LogP contribution in [0.4, 0.5) is 5.69 Å². The topological polar surface area (TPSA) is 109 Å². The normalized spacial score (nSPS) is 10.9. The molecule has 0 saturated heterocycles. The number of aromatic nitrogens is 3. The van der Waals surface area contributed by atoms with Gasteiger partial charge >= 0.3 is 5.97 Å². The number of benzene rings is 2. The predicted octanol–water partition coefficient (Wildman–Crippen LogP) is 3.44. The number of pyridine rings is 1. The Morgan fingerprint density at radius 3 is 2.55 bits per heavy atom. The van der Waals surface area contributed by atoms with Gasteiger partial charge in [0.1, 0.15) is 11.3 Å². The molecule has 2 aliphatic heterocycles. The fraction of sp³-hybridized carbons (Fsp3) is 0.136. The SMILES string of the molecule is COC(=O)c1cn(-c2ccc([N+](=O)[O-])cc2C)cc2c(=O)n(-c3cccc(C)c3)nc1-2. The number of nitrogens with zero attached hydrogens (tertiary/aromatic N) is 4. The molecule has 0 N–H and O–H groups in total. The van der Waals surface area contributed by atoms with Crippen molar-refractivity contribution in [3.05, 3.63) is 92.0 Å². The second-order valence-corrected chi connectivity index (χ2v) is 7.12. The van der Waals surface area contributed by atoms with E-state index in [2.05, 4.69) is 5.10 Å². The van der Waals surface area contributed by atoms with Gasteiger partial charge in [-0.3, -0.25) is 14.9 Å². The number of methoxy groups -OCH3 is 1. The molecule has 2 heterocycles. The van der Waals surface area contributed by atoms with Crippen molar-refractivity contribution in [2.75, 3.05) is 7.11 Å². The Hall–Kier alpha value is -4.27. The Morgan fingerprint density at radius 1 is 1.13 bits per heavy atom. The first-order valence-electron chi connectivity index (χ1n) is 9.36. The zero-order valence-corrected chi connectivity index (χ0v) is 17.0. The van der Waals surface area contributed by atoms with E-state index in [1.165, 1.54) is 30.1 Å². The van der Waals surface area contributed by atoms with Crippen LogP contribution in [0.25, 0.3) is 22.6 Å². The van der Waals surface area contributed by atoms with Crippen LogP contribution in [-0.4, -0.2) is 32.3 Å². The molecule has 156 valence electrons. The zero-order chi connectivity index (χ0) is 22.3. The Balaban J connectivity index is 1.98. The molecule has 0 fully saturated rings. The number of nitro benzene ring substituents is 1. The summed E-state index contributed by atoms with van der Waals surface area (Å²) in [5.74, 6) is -0.646. The maximum absolute atomic E-state index is 13.2. The summed E-state index contributed by atoms with van der Waals surface area (Å²) >= 11 is 0. The van der Waals surface area contributed by atoms with Crippen molar-refractivity contribution in [2.45, 2.75) is 13.8 Å². The van der Waals surface area contributed by atoms with Crippen molar-refractivity contribution >= 4 is 11.7 Å². The number of carbonyl (C=O) groups excluding carboxylic acids is 1. The minimum absolute atomic E-state index is 0.0482. The van der Waals surface area contributed by atoms with Gasteiger partial charge in [0, 0.05) is 30.2 Å². The molecule has 2 aliphatic rings. The van der Waals surface area contributed by atoms with Crippen LogP contribution in [0.1, 0.15) is 21.5 Å². The van der Waals surface area contributed by atoms with E-state index in [4.69, 9.17) is 4.74 Å². The maximum atomic E-state index is 13.2. The van der Waals surface area contributed by atoms with Crippen LogP contribution in [0.2, 0.25) is 0 Å². The Morgan fingerprint density at radius 2 is 1.90 bits per heavy atom. The van der Waals surface area contributed by atoms with Crippen molar-refractivity contribution in [3.63, 3.8) is 0 Å². The van der Waals surface area contributed by atoms with Gasteiger partial charge in [0.2, 0.25) is 0 Å². The Kier molecular flexibility index (Phi) is 4.86. The average molecular weight is 418 g/mol. The average Bonchev–Trinajstić information content (AvgIpc) is 3.09. The molecule has 0 spiro atoms. The minimum Gasteiger partial charge on any atom is -0.465 e. The molecule has 9 heteroatoms. The van der Waals surface area contributed by atoms with E-state index >= 15 is 0 Å². The molecule has 2 aromatic carbocycles. The third kappa shape index (κ3) is 3.46. The Labute approximate surface area is 176 Å². The highest BCUT2D eigenvalue weighted by Crippen LogP contribution is 2.27. The van der Waals surface area contributed by atoms with Crippen LogP contribution < -0.4 is 5.56 Å². The highest BCUT2D eigenvalue weighted by Gasteiger charge is 2.25. The first-order valence-corrected chi connectivity index (χ1v) is 9.36. The molecule has 0 saturated carbocycles. The maximum Gasteiger partial charge on any atom is 0.341 e. The number of esters is 1. The zero-order valence-electron chi connectivity index (χ0n) is 17.0. The molecule has 0 atom stereocenters. The molecule has 0 aliphatic carbocycles. The number of nitro groups is 1. The largest absolute Gasteiger partial charge is 0.465 e. The Bertz CT molecular complexity index is 1370. The number of hydrogen-bond donors (Lipinski definition) is 0. The summed E-state index contributed by atoms with van der Waals surface area (Å²) in [6.45, 7) is 3.62. The summed E-state index contributed by atoms with van der Waals surface area (Å²) in [4.78, 5) is 36.2. The lowest BCUT2D eigenvalue weighted by Crippen LogP contribution is -2.15. The number of non-ortho nitro benzene ring substituents is 1. The van der Waals surface area contributed by atoms with E-state index in [0.717, 1.165) is 5.56 Å². The molecule has 0 aromatic heterocycles. The molecule has 31 heavy (non-hydrogen) atoms. The number of ether oxygens (including phenoxy) is 1. The van der Waals surface area contributed by atoms with E-state index in [1.54, 1.807) is 29.8 Å². The number of hydrogen-bond acceptors (Lipinski definition) is 6. The van der Waals surface area contributed by atoms with E-state index in [-0.39, 0.29) is 28.1 Å². The van der Waals surface area contributed by atoms with E-state index in [0.29, 0.717) is 16.9 Å². The van der Waals surface area contributed by atoms with Crippen LogP contribution in [0.3, 0.4) is 0 Å². The van der Waals surface area contributed by atoms with Crippen molar-refractivity contribution in [2.24, 2.45) is 0 Å². The van der Waals surface area contributed by atoms with Crippen molar-refractivity contribution < 1.29 is 14.5 Å². The van der Waals surface area contributed by atoms with Crippen LogP contribution >= 0.6 is 0 Å². The fourth-order valence-electron chi connectivity index (χ4n) is 3.48. The lowest BCUT2D eigenvalue weighted by atomic mass is 10.1. The summed E-state index contributed by atoms with van der Waals surface area (Å²) in [6.07, 6.45) is 3.08. The second kappa shape index (κ2) is 7.52. The van der Waals surface area contributed by atoms with Gasteiger partial charge in [-0.25, -0.2) is 4.79 Å². The smallest absolute Gasteiger partial charge is 0.341 e. The number of carbonyl (C=O) groups is 1. The summed E-state index contributed by atoms with van der Waals surface area (Å²) in [5.41, 5.74) is 2.84. The van der Waals surface area contributed by atoms with Gasteiger partial charge in [0.25, 0.3) is 11.2 Å². The molecular formula is C22H18N4O5. The monoisotopic (exact) mass is 418 g/mol. The van der Waals surface area contributed by atoms with Crippen molar-refractivity contribution in [1.29, 1.82) is 0 Å². The van der Waals surface area contributed by atoms with Crippen LogP contribution in [0.15, 0.2) is 59.7 Å². The highest BCUT2D eigenvalue weighted by atomic mass is 16.6. The standard InChI is InChI=1S/C22H18N4O5/c1-13-5-4-6-15(9-13)25-21(27)17-11-24(12-18(20(17)23-25)22(28)31-3)19-8-7-16(26(29)30)10-14(19)2/h4-12H,1-3H3. The second-order valence-electron chi connectivity index (χ2n) is 7.12. The number of fused-ring (bicyclic) bond motifs is 1. The minimum atomic E-state index is -0.646. The van der Waals surface area contributed by atoms with Crippen molar-refractivity contribution in [1.82, 2.24) is 14.3 Å². The summed E-state index contributed by atoms with van der Waals surface area (Å²) in [6, 6.07) is 11.7. The molecule has 4 rings (SSSR count). The van der Waals surface area contributed by atoms with E-state index in [9.17, 15) is 19.7 Å². The first-order chi connectivity index (χ1) is 14.8. The number of rotatable bonds is 4. The highest BCUT2D eigenvalue weighted by molar-refractivity contribution is 5.96. The van der Waals surface area contributed by atoms with Gasteiger partial charge in [-0.15, -0.1) is 0 Å². The lowest BCUT2D eigenvalue weighted by molar-refractivity contribution is -0.384. The van der Waals surface area contributed by atoms with E-state index in [1.807, 2.05) is 25.1 Å². The number of aryl methyl sites for hydroxylation is 2. The van der Waals surface area contributed by atoms with Crippen molar-refractivity contribution in [3.8, 4) is 22.6 Å². The predicted molar refractivity (Wildman–Crippen MR) is 113 cm³/mol. The van der Waals surface area contributed by atoms with Crippen LogP contribution in [-0.2, 0) is 4.74 Å². The summed E-state index contributed by atoms with van der Waals surface area (Å²) < 4.78 is 7.72. The molecular weight excluding hydrogens is 400 g/mol. The van der Waals surface area contributed by atoms with Gasteiger partial charge < -0.3 is 9.30 Å². The third-order valence-electron chi connectivity index (χ3n) is 4.99. The van der Waals surface area contributed by atoms with Gasteiger partial charge in [0.05, 0.1) is 23.3 Å². The lowest BCUT2D eigenvalue weighted by Gasteiger charge is -2.13. The molecule has 0 radical (unpaired) electrons. The summed E-state index contributed by atoms with van der Waals surface area (Å²) in [5, 5.41) is 15.4. The molecule has 0 bridgehead atoms. The molecule has 2 aromatic rings. The quantitative estimate of drug-likeness (QED) is 0.285. The van der Waals surface area contributed by atoms with Gasteiger partial charge in [-0.1, -0.05) is 12.1 Å². The summed E-state index contributed by atoms with van der Waals surface area (Å²) in [7, 11) is 1.25. The van der Waals surface area contributed by atoms with Gasteiger partial charge in [-0.2, -0.15) is 9.78 Å². The fourth-order valence-corrected chi connectivity index (χ4v) is 3.48. The molecule has 9 nitrogen and oxygen atoms in total.